The smallest absolute Gasteiger partial charge is 0.305 e. The molecule has 0 aromatic heterocycles. The molecule has 0 aliphatic rings. The lowest BCUT2D eigenvalue weighted by Gasteiger charge is -2.15. The van der Waals surface area contributed by atoms with Crippen molar-refractivity contribution in [3.8, 4) is 6.07 Å². The minimum Gasteiger partial charge on any atom is -0.389 e. The SMILES string of the molecule is CC(C)(C)/C(C#N)=C/OS(C)(=O)=O. The van der Waals surface area contributed by atoms with Crippen LogP contribution in [0.4, 0.5) is 0 Å². The summed E-state index contributed by atoms with van der Waals surface area (Å²) in [6.07, 6.45) is 1.91. The van der Waals surface area contributed by atoms with Gasteiger partial charge in [0.15, 0.2) is 0 Å². The second-order valence-electron chi connectivity index (χ2n) is 3.69. The van der Waals surface area contributed by atoms with E-state index < -0.39 is 15.5 Å². The third-order valence-electron chi connectivity index (χ3n) is 1.27. The highest BCUT2D eigenvalue weighted by Crippen LogP contribution is 2.24. The van der Waals surface area contributed by atoms with Crippen molar-refractivity contribution in [2.45, 2.75) is 20.8 Å². The number of hydrogen-bond acceptors (Lipinski definition) is 4. The van der Waals surface area contributed by atoms with Gasteiger partial charge in [0.25, 0.3) is 0 Å². The van der Waals surface area contributed by atoms with Gasteiger partial charge in [-0.05, 0) is 0 Å². The molecule has 0 saturated heterocycles. The van der Waals surface area contributed by atoms with Crippen LogP contribution in [0.15, 0.2) is 11.8 Å². The Morgan fingerprint density at radius 2 is 1.92 bits per heavy atom. The molecule has 0 rings (SSSR count). The van der Waals surface area contributed by atoms with Crippen molar-refractivity contribution >= 4 is 10.1 Å². The van der Waals surface area contributed by atoms with E-state index in [1.54, 1.807) is 20.8 Å². The van der Waals surface area contributed by atoms with E-state index in [9.17, 15) is 8.42 Å². The van der Waals surface area contributed by atoms with E-state index in [0.717, 1.165) is 12.5 Å². The molecule has 0 unspecified atom stereocenters. The second kappa shape index (κ2) is 3.79. The molecule has 0 N–H and O–H groups in total. The van der Waals surface area contributed by atoms with Gasteiger partial charge in [-0.2, -0.15) is 13.7 Å². The van der Waals surface area contributed by atoms with E-state index in [0.29, 0.717) is 0 Å². The third kappa shape index (κ3) is 5.26. The average molecular weight is 203 g/mol. The molecule has 0 saturated carbocycles. The fraction of sp³-hybridized carbons (Fsp3) is 0.625. The van der Waals surface area contributed by atoms with Crippen LogP contribution in [0, 0.1) is 16.7 Å². The monoisotopic (exact) mass is 203 g/mol. The van der Waals surface area contributed by atoms with Crippen LogP contribution in [0.3, 0.4) is 0 Å². The van der Waals surface area contributed by atoms with Crippen molar-refractivity contribution in [1.82, 2.24) is 0 Å². The Bertz CT molecular complexity index is 341. The Morgan fingerprint density at radius 1 is 1.46 bits per heavy atom. The van der Waals surface area contributed by atoms with Gasteiger partial charge in [0, 0.05) is 5.41 Å². The van der Waals surface area contributed by atoms with Crippen LogP contribution in [0.2, 0.25) is 0 Å². The molecule has 4 nitrogen and oxygen atoms in total. The summed E-state index contributed by atoms with van der Waals surface area (Å²) in [6, 6.07) is 1.89. The molecule has 0 aromatic carbocycles. The minimum absolute atomic E-state index is 0.290. The van der Waals surface area contributed by atoms with E-state index in [2.05, 4.69) is 4.18 Å². The Hall–Kier alpha value is -1.02. The summed E-state index contributed by atoms with van der Waals surface area (Å²) in [4.78, 5) is 0. The van der Waals surface area contributed by atoms with Crippen LogP contribution in [0.1, 0.15) is 20.8 Å². The standard InChI is InChI=1S/C8H13NO3S/c1-8(2,3)7(5-9)6-12-13(4,10)11/h6H,1-4H3/b7-6+. The van der Waals surface area contributed by atoms with Gasteiger partial charge >= 0.3 is 10.1 Å². The van der Waals surface area contributed by atoms with Gasteiger partial charge < -0.3 is 4.18 Å². The fourth-order valence-electron chi connectivity index (χ4n) is 0.506. The number of nitrogens with zero attached hydrogens (tertiary/aromatic N) is 1. The topological polar surface area (TPSA) is 67.2 Å². The van der Waals surface area contributed by atoms with Crippen LogP contribution in [-0.2, 0) is 14.3 Å². The van der Waals surface area contributed by atoms with Crippen LogP contribution >= 0.6 is 0 Å². The quantitative estimate of drug-likeness (QED) is 0.386. The zero-order valence-electron chi connectivity index (χ0n) is 8.16. The first-order valence-electron chi connectivity index (χ1n) is 3.66. The zero-order valence-corrected chi connectivity index (χ0v) is 8.97. The molecule has 5 heteroatoms. The Kier molecular flexibility index (Phi) is 3.50. The van der Waals surface area contributed by atoms with Gasteiger partial charge in [-0.15, -0.1) is 0 Å². The summed E-state index contributed by atoms with van der Waals surface area (Å²) < 4.78 is 25.6. The van der Waals surface area contributed by atoms with Crippen LogP contribution < -0.4 is 0 Å². The summed E-state index contributed by atoms with van der Waals surface area (Å²) >= 11 is 0. The van der Waals surface area contributed by atoms with Crippen LogP contribution in [0.5, 0.6) is 0 Å². The molecule has 0 bridgehead atoms. The predicted octanol–water partition coefficient (Wildman–Crippen LogP) is 1.42. The molecule has 0 aromatic rings. The Labute approximate surface area is 78.9 Å². The van der Waals surface area contributed by atoms with E-state index in [1.165, 1.54) is 0 Å². The third-order valence-corrected chi connectivity index (χ3v) is 1.72. The zero-order chi connectivity index (χ0) is 10.7. The normalized spacial score (nSPS) is 13.6. The molecule has 0 aliphatic heterocycles. The van der Waals surface area contributed by atoms with Crippen molar-refractivity contribution in [3.63, 3.8) is 0 Å². The molecule has 0 amide bonds. The highest BCUT2D eigenvalue weighted by Gasteiger charge is 2.17. The second-order valence-corrected chi connectivity index (χ2v) is 5.29. The maximum atomic E-state index is 10.6. The van der Waals surface area contributed by atoms with Crippen molar-refractivity contribution in [1.29, 1.82) is 5.26 Å². The number of allylic oxidation sites excluding steroid dienone is 1. The largest absolute Gasteiger partial charge is 0.389 e. The predicted molar refractivity (Wildman–Crippen MR) is 49.1 cm³/mol. The summed E-state index contributed by atoms with van der Waals surface area (Å²) in [6.45, 7) is 5.40. The highest BCUT2D eigenvalue weighted by atomic mass is 32.2. The molecular formula is C8H13NO3S. The average Bonchev–Trinajstić information content (AvgIpc) is 1.82. The summed E-state index contributed by atoms with van der Waals surface area (Å²) in [5, 5.41) is 8.67. The summed E-state index contributed by atoms with van der Waals surface area (Å²) in [5.74, 6) is 0. The first kappa shape index (κ1) is 12.0. The van der Waals surface area contributed by atoms with E-state index in [-0.39, 0.29) is 5.57 Å². The highest BCUT2D eigenvalue weighted by molar-refractivity contribution is 7.86. The molecule has 0 radical (unpaired) electrons. The van der Waals surface area contributed by atoms with Crippen molar-refractivity contribution in [2.75, 3.05) is 6.26 Å². The molecule has 0 heterocycles. The van der Waals surface area contributed by atoms with E-state index >= 15 is 0 Å². The number of hydrogen-bond donors (Lipinski definition) is 0. The number of nitriles is 1. The summed E-state index contributed by atoms with van der Waals surface area (Å²) in [7, 11) is -3.52. The molecule has 0 aliphatic carbocycles. The van der Waals surface area contributed by atoms with Gasteiger partial charge in [-0.25, -0.2) is 0 Å². The van der Waals surface area contributed by atoms with Crippen LogP contribution in [-0.4, -0.2) is 14.7 Å². The number of rotatable bonds is 2. The lowest BCUT2D eigenvalue weighted by molar-refractivity contribution is 0.428. The molecule has 0 spiro atoms. The summed E-state index contributed by atoms with van der Waals surface area (Å²) in [5.41, 5.74) is -0.114. The lowest BCUT2D eigenvalue weighted by Crippen LogP contribution is -2.09. The Balaban J connectivity index is 4.75. The minimum atomic E-state index is -3.52. The maximum Gasteiger partial charge on any atom is 0.305 e. The lowest BCUT2D eigenvalue weighted by atomic mass is 9.88. The molecule has 13 heavy (non-hydrogen) atoms. The van der Waals surface area contributed by atoms with Gasteiger partial charge in [0.2, 0.25) is 0 Å². The van der Waals surface area contributed by atoms with Gasteiger partial charge in [-0.3, -0.25) is 0 Å². The van der Waals surface area contributed by atoms with Crippen molar-refractivity contribution in [3.05, 3.63) is 11.8 Å². The maximum absolute atomic E-state index is 10.6. The molecule has 0 fully saturated rings. The molecule has 0 atom stereocenters. The first-order valence-corrected chi connectivity index (χ1v) is 5.47. The Morgan fingerprint density at radius 3 is 2.15 bits per heavy atom. The van der Waals surface area contributed by atoms with E-state index in [4.69, 9.17) is 5.26 Å². The van der Waals surface area contributed by atoms with Gasteiger partial charge in [0.1, 0.15) is 6.26 Å². The van der Waals surface area contributed by atoms with Crippen molar-refractivity contribution in [2.24, 2.45) is 5.41 Å². The first-order chi connectivity index (χ1) is 5.67. The molecular weight excluding hydrogens is 190 g/mol. The van der Waals surface area contributed by atoms with Gasteiger partial charge in [-0.1, -0.05) is 20.8 Å². The van der Waals surface area contributed by atoms with E-state index in [1.807, 2.05) is 6.07 Å². The fourth-order valence-corrected chi connectivity index (χ4v) is 0.777. The van der Waals surface area contributed by atoms with Crippen LogP contribution in [0.25, 0.3) is 0 Å². The molecule has 74 valence electrons. The van der Waals surface area contributed by atoms with Gasteiger partial charge in [0.05, 0.1) is 17.9 Å². The van der Waals surface area contributed by atoms with Crippen molar-refractivity contribution < 1.29 is 12.6 Å².